The number of nitrogens with zero attached hydrogens (tertiary/aromatic N) is 3. The summed E-state index contributed by atoms with van der Waals surface area (Å²) in [6.45, 7) is 7.11. The molecule has 5 nitrogen and oxygen atoms in total. The zero-order chi connectivity index (χ0) is 16.6. The van der Waals surface area contributed by atoms with Gasteiger partial charge >= 0.3 is 0 Å². The van der Waals surface area contributed by atoms with Crippen LogP contribution in [0.5, 0.6) is 0 Å². The molecule has 6 heteroatoms. The van der Waals surface area contributed by atoms with E-state index in [1.54, 1.807) is 16.6 Å². The quantitative estimate of drug-likeness (QED) is 0.864. The minimum Gasteiger partial charge on any atom is -0.268 e. The number of aromatic nitrogens is 2. The van der Waals surface area contributed by atoms with Crippen molar-refractivity contribution in [2.75, 3.05) is 6.54 Å². The van der Waals surface area contributed by atoms with Gasteiger partial charge in [0.2, 0.25) is 10.0 Å². The third-order valence-corrected chi connectivity index (χ3v) is 6.57. The molecule has 0 unspecified atom stereocenters. The molecule has 23 heavy (non-hydrogen) atoms. The molecule has 0 spiro atoms. The Morgan fingerprint density at radius 2 is 2.04 bits per heavy atom. The highest BCUT2D eigenvalue weighted by atomic mass is 32.2. The van der Waals surface area contributed by atoms with Crippen LogP contribution < -0.4 is 0 Å². The zero-order valence-corrected chi connectivity index (χ0v) is 14.7. The van der Waals surface area contributed by atoms with Gasteiger partial charge in [0.25, 0.3) is 0 Å². The maximum Gasteiger partial charge on any atom is 0.243 e. The molecular weight excluding hydrogens is 310 g/mol. The van der Waals surface area contributed by atoms with Gasteiger partial charge in [0.15, 0.2) is 0 Å². The molecule has 1 aliphatic heterocycles. The molecule has 0 N–H and O–H groups in total. The van der Waals surface area contributed by atoms with Gasteiger partial charge in [-0.2, -0.15) is 9.40 Å². The minimum absolute atomic E-state index is 0.123. The van der Waals surface area contributed by atoms with Gasteiger partial charge in [0.1, 0.15) is 0 Å². The van der Waals surface area contributed by atoms with Gasteiger partial charge in [-0.25, -0.2) is 8.42 Å². The normalized spacial score (nSPS) is 19.3. The Kier molecular flexibility index (Phi) is 4.29. The van der Waals surface area contributed by atoms with E-state index in [-0.39, 0.29) is 6.04 Å². The molecule has 3 rings (SSSR count). The maximum absolute atomic E-state index is 13.2. The van der Waals surface area contributed by atoms with Crippen LogP contribution >= 0.6 is 0 Å². The van der Waals surface area contributed by atoms with Crippen LogP contribution in [0.4, 0.5) is 0 Å². The van der Waals surface area contributed by atoms with Crippen molar-refractivity contribution in [1.82, 2.24) is 14.1 Å². The fraction of sp³-hybridized carbons (Fsp3) is 0.471. The van der Waals surface area contributed by atoms with E-state index in [1.807, 2.05) is 43.7 Å². The number of benzene rings is 1. The molecule has 0 bridgehead atoms. The first-order valence-corrected chi connectivity index (χ1v) is 9.50. The summed E-state index contributed by atoms with van der Waals surface area (Å²) in [5, 5.41) is 4.30. The monoisotopic (exact) mass is 333 g/mol. The molecule has 1 saturated heterocycles. The number of sulfonamides is 1. The molecular formula is C17H23N3O2S. The second-order valence-corrected chi connectivity index (χ2v) is 7.97. The highest BCUT2D eigenvalue weighted by Crippen LogP contribution is 2.37. The van der Waals surface area contributed by atoms with Gasteiger partial charge in [-0.05, 0) is 56.9 Å². The van der Waals surface area contributed by atoms with Crippen LogP contribution in [0.3, 0.4) is 0 Å². The maximum atomic E-state index is 13.2. The van der Waals surface area contributed by atoms with E-state index >= 15 is 0 Å². The second-order valence-electron chi connectivity index (χ2n) is 6.11. The number of hydrogen-bond acceptors (Lipinski definition) is 3. The predicted octanol–water partition coefficient (Wildman–Crippen LogP) is 3.05. The third-order valence-electron chi connectivity index (χ3n) is 4.52. The zero-order valence-electron chi connectivity index (χ0n) is 13.9. The predicted molar refractivity (Wildman–Crippen MR) is 89.7 cm³/mol. The molecule has 2 heterocycles. The van der Waals surface area contributed by atoms with Crippen LogP contribution in [0.25, 0.3) is 0 Å². The van der Waals surface area contributed by atoms with E-state index in [1.165, 1.54) is 0 Å². The molecule has 2 aromatic rings. The molecule has 0 saturated carbocycles. The molecule has 1 aliphatic rings. The molecule has 0 amide bonds. The van der Waals surface area contributed by atoms with Crippen LogP contribution in [0.2, 0.25) is 0 Å². The van der Waals surface area contributed by atoms with Crippen molar-refractivity contribution in [1.29, 1.82) is 0 Å². The van der Waals surface area contributed by atoms with Gasteiger partial charge in [-0.15, -0.1) is 0 Å². The summed E-state index contributed by atoms with van der Waals surface area (Å²) < 4.78 is 30.0. The van der Waals surface area contributed by atoms with Gasteiger partial charge in [0, 0.05) is 19.3 Å². The molecule has 124 valence electrons. The molecule has 1 aromatic carbocycles. The van der Waals surface area contributed by atoms with Crippen molar-refractivity contribution in [3.8, 4) is 0 Å². The molecule has 1 atom stereocenters. The fourth-order valence-electron chi connectivity index (χ4n) is 3.33. The Morgan fingerprint density at radius 1 is 1.26 bits per heavy atom. The fourth-order valence-corrected chi connectivity index (χ4v) is 5.31. The van der Waals surface area contributed by atoms with E-state index in [2.05, 4.69) is 5.10 Å². The molecule has 0 radical (unpaired) electrons. The summed E-state index contributed by atoms with van der Waals surface area (Å²) in [5.74, 6) is 0. The Bertz CT molecular complexity index is 811. The minimum atomic E-state index is -3.50. The SMILES string of the molecule is CCn1nccc1[C@H]1CCCN1S(=O)(=O)c1cc(C)ccc1C. The highest BCUT2D eigenvalue weighted by Gasteiger charge is 2.38. The lowest BCUT2D eigenvalue weighted by Crippen LogP contribution is -2.32. The van der Waals surface area contributed by atoms with Gasteiger partial charge in [-0.3, -0.25) is 4.68 Å². The third kappa shape index (κ3) is 2.81. The number of aryl methyl sites for hydroxylation is 3. The lowest BCUT2D eigenvalue weighted by atomic mass is 10.1. The van der Waals surface area contributed by atoms with E-state index in [4.69, 9.17) is 0 Å². The molecule has 0 aliphatic carbocycles. The van der Waals surface area contributed by atoms with Crippen LogP contribution in [-0.2, 0) is 16.6 Å². The lowest BCUT2D eigenvalue weighted by Gasteiger charge is -2.25. The lowest BCUT2D eigenvalue weighted by molar-refractivity contribution is 0.375. The van der Waals surface area contributed by atoms with E-state index in [0.717, 1.165) is 36.2 Å². The van der Waals surface area contributed by atoms with E-state index in [9.17, 15) is 8.42 Å². The Labute approximate surface area is 138 Å². The smallest absolute Gasteiger partial charge is 0.243 e. The largest absolute Gasteiger partial charge is 0.268 e. The highest BCUT2D eigenvalue weighted by molar-refractivity contribution is 7.89. The number of rotatable bonds is 4. The van der Waals surface area contributed by atoms with Crippen molar-refractivity contribution in [2.45, 2.75) is 51.1 Å². The van der Waals surface area contributed by atoms with Gasteiger partial charge < -0.3 is 0 Å². The van der Waals surface area contributed by atoms with Crippen molar-refractivity contribution in [3.05, 3.63) is 47.3 Å². The molecule has 1 aromatic heterocycles. The van der Waals surface area contributed by atoms with Gasteiger partial charge in [-0.1, -0.05) is 12.1 Å². The first-order valence-electron chi connectivity index (χ1n) is 8.06. The molecule has 1 fully saturated rings. The summed E-state index contributed by atoms with van der Waals surface area (Å²) in [6.07, 6.45) is 3.47. The summed E-state index contributed by atoms with van der Waals surface area (Å²) in [4.78, 5) is 0.423. The number of hydrogen-bond donors (Lipinski definition) is 0. The van der Waals surface area contributed by atoms with Crippen LogP contribution in [-0.4, -0.2) is 29.0 Å². The second kappa shape index (κ2) is 6.09. The average molecular weight is 333 g/mol. The van der Waals surface area contributed by atoms with Crippen LogP contribution in [0.1, 0.15) is 42.6 Å². The summed E-state index contributed by atoms with van der Waals surface area (Å²) in [7, 11) is -3.50. The van der Waals surface area contributed by atoms with Crippen molar-refractivity contribution in [3.63, 3.8) is 0 Å². The summed E-state index contributed by atoms with van der Waals surface area (Å²) in [6, 6.07) is 7.41. The Hall–Kier alpha value is -1.66. The Morgan fingerprint density at radius 3 is 2.78 bits per heavy atom. The van der Waals surface area contributed by atoms with Crippen LogP contribution in [0.15, 0.2) is 35.4 Å². The topological polar surface area (TPSA) is 55.2 Å². The summed E-state index contributed by atoms with van der Waals surface area (Å²) >= 11 is 0. The standard InChI is InChI=1S/C17H23N3O2S/c1-4-19-15(9-10-18-19)16-6-5-11-20(16)23(21,22)17-12-13(2)7-8-14(17)3/h7-10,12,16H,4-6,11H2,1-3H3/t16-/m1/s1. The first kappa shape index (κ1) is 16.2. The Balaban J connectivity index is 2.03. The van der Waals surface area contributed by atoms with Crippen molar-refractivity contribution < 1.29 is 8.42 Å². The van der Waals surface area contributed by atoms with E-state index in [0.29, 0.717) is 11.4 Å². The van der Waals surface area contributed by atoms with E-state index < -0.39 is 10.0 Å². The summed E-state index contributed by atoms with van der Waals surface area (Å²) in [5.41, 5.74) is 2.74. The van der Waals surface area contributed by atoms with Crippen molar-refractivity contribution in [2.24, 2.45) is 0 Å². The first-order chi connectivity index (χ1) is 10.9. The van der Waals surface area contributed by atoms with Crippen LogP contribution in [0, 0.1) is 13.8 Å². The average Bonchev–Trinajstić information content (AvgIpc) is 3.16. The van der Waals surface area contributed by atoms with Gasteiger partial charge in [0.05, 0.1) is 16.6 Å². The van der Waals surface area contributed by atoms with Crippen molar-refractivity contribution >= 4 is 10.0 Å².